The predicted octanol–water partition coefficient (Wildman–Crippen LogP) is 4.32. The fourth-order valence-electron chi connectivity index (χ4n) is 3.33. The average molecular weight is 398 g/mol. The second-order valence-electron chi connectivity index (χ2n) is 7.02. The zero-order valence-corrected chi connectivity index (χ0v) is 17.1. The minimum atomic E-state index is 0. The number of nitrogens with one attached hydrogen (secondary N) is 2. The summed E-state index contributed by atoms with van der Waals surface area (Å²) in [6.07, 6.45) is 3.54. The van der Waals surface area contributed by atoms with Crippen LogP contribution in [0, 0.1) is 5.92 Å². The van der Waals surface area contributed by atoms with Crippen molar-refractivity contribution >= 4 is 41.6 Å². The largest absolute Gasteiger partial charge is 0.352 e. The molecule has 4 nitrogen and oxygen atoms in total. The molecule has 1 aliphatic heterocycles. The number of pyridine rings is 1. The molecule has 6 heteroatoms. The minimum Gasteiger partial charge on any atom is -0.352 e. The van der Waals surface area contributed by atoms with E-state index in [0.717, 1.165) is 48.2 Å². The third-order valence-electron chi connectivity index (χ3n) is 4.81. The van der Waals surface area contributed by atoms with Crippen LogP contribution in [0.1, 0.15) is 55.1 Å². The number of benzene rings is 1. The lowest BCUT2D eigenvalue weighted by atomic mass is 9.96. The molecular weight excluding hydrogens is 369 g/mol. The lowest BCUT2D eigenvalue weighted by Gasteiger charge is -2.22. The summed E-state index contributed by atoms with van der Waals surface area (Å²) in [6, 6.07) is 9.84. The molecule has 0 spiro atoms. The third kappa shape index (κ3) is 5.57. The molecule has 26 heavy (non-hydrogen) atoms. The Labute approximate surface area is 168 Å². The van der Waals surface area contributed by atoms with Crippen LogP contribution >= 0.6 is 24.8 Å². The summed E-state index contributed by atoms with van der Waals surface area (Å²) < 4.78 is 0. The number of hydrogen-bond donors (Lipinski definition) is 2. The number of fused-ring (bicyclic) bond motifs is 1. The minimum absolute atomic E-state index is 0. The first-order valence-electron chi connectivity index (χ1n) is 9.03. The molecule has 0 saturated carbocycles. The molecule has 1 aliphatic rings. The molecule has 2 aromatic rings. The highest BCUT2D eigenvalue weighted by Gasteiger charge is 2.16. The average Bonchev–Trinajstić information content (AvgIpc) is 2.61. The third-order valence-corrected chi connectivity index (χ3v) is 4.81. The normalized spacial score (nSPS) is 16.7. The zero-order chi connectivity index (χ0) is 16.9. The number of piperidine rings is 1. The Morgan fingerprint density at radius 1 is 1.31 bits per heavy atom. The molecular formula is C20H29Cl2N3O. The molecule has 2 heterocycles. The number of nitrogens with zero attached hydrogens (tertiary/aromatic N) is 1. The fourth-order valence-corrected chi connectivity index (χ4v) is 3.33. The molecule has 1 saturated heterocycles. The van der Waals surface area contributed by atoms with Gasteiger partial charge >= 0.3 is 0 Å². The molecule has 3 rings (SSSR count). The smallest absolute Gasteiger partial charge is 0.252 e. The SMILES string of the molecule is CC(C)c1cc(C(=O)NCCC2CCCNC2)c2ccccc2n1.Cl.Cl. The number of carbonyl (C=O) groups is 1. The van der Waals surface area contributed by atoms with Gasteiger partial charge in [0.2, 0.25) is 0 Å². The lowest BCUT2D eigenvalue weighted by molar-refractivity contribution is 0.0952. The number of halogens is 2. The summed E-state index contributed by atoms with van der Waals surface area (Å²) in [5, 5.41) is 7.47. The molecule has 0 aliphatic carbocycles. The summed E-state index contributed by atoms with van der Waals surface area (Å²) >= 11 is 0. The van der Waals surface area contributed by atoms with Gasteiger partial charge in [-0.2, -0.15) is 0 Å². The Hall–Kier alpha value is -1.36. The quantitative estimate of drug-likeness (QED) is 0.789. The van der Waals surface area contributed by atoms with E-state index in [1.807, 2.05) is 30.3 Å². The maximum absolute atomic E-state index is 12.7. The highest BCUT2D eigenvalue weighted by atomic mass is 35.5. The summed E-state index contributed by atoms with van der Waals surface area (Å²) in [5.74, 6) is 0.994. The second-order valence-corrected chi connectivity index (χ2v) is 7.02. The van der Waals surface area contributed by atoms with Crippen LogP contribution < -0.4 is 10.6 Å². The molecule has 0 bridgehead atoms. The molecule has 1 aromatic carbocycles. The maximum atomic E-state index is 12.7. The van der Waals surface area contributed by atoms with Gasteiger partial charge in [0, 0.05) is 17.6 Å². The van der Waals surface area contributed by atoms with Crippen molar-refractivity contribution in [1.82, 2.24) is 15.6 Å². The predicted molar refractivity (Wildman–Crippen MR) is 113 cm³/mol. The van der Waals surface area contributed by atoms with Crippen molar-refractivity contribution in [1.29, 1.82) is 0 Å². The number of carbonyl (C=O) groups excluding carboxylic acids is 1. The highest BCUT2D eigenvalue weighted by molar-refractivity contribution is 6.06. The van der Waals surface area contributed by atoms with E-state index in [2.05, 4.69) is 29.5 Å². The summed E-state index contributed by atoms with van der Waals surface area (Å²) in [6.45, 7) is 7.15. The van der Waals surface area contributed by atoms with E-state index in [1.54, 1.807) is 0 Å². The maximum Gasteiger partial charge on any atom is 0.252 e. The molecule has 1 unspecified atom stereocenters. The molecule has 1 aromatic heterocycles. The summed E-state index contributed by atoms with van der Waals surface area (Å²) in [4.78, 5) is 17.4. The van der Waals surface area contributed by atoms with Gasteiger partial charge in [-0.1, -0.05) is 32.0 Å². The van der Waals surface area contributed by atoms with Crippen molar-refractivity contribution in [3.05, 3.63) is 41.6 Å². The topological polar surface area (TPSA) is 54.0 Å². The van der Waals surface area contributed by atoms with Crippen LogP contribution in [0.5, 0.6) is 0 Å². The number of hydrogen-bond acceptors (Lipinski definition) is 3. The van der Waals surface area contributed by atoms with Crippen molar-refractivity contribution in [3.63, 3.8) is 0 Å². The van der Waals surface area contributed by atoms with Gasteiger partial charge in [-0.3, -0.25) is 9.78 Å². The number of aromatic nitrogens is 1. The molecule has 1 atom stereocenters. The van der Waals surface area contributed by atoms with Crippen molar-refractivity contribution in [2.75, 3.05) is 19.6 Å². The van der Waals surface area contributed by atoms with Crippen molar-refractivity contribution in [2.45, 2.75) is 39.0 Å². The van der Waals surface area contributed by atoms with Gasteiger partial charge in [0.25, 0.3) is 5.91 Å². The van der Waals surface area contributed by atoms with Gasteiger partial charge in [-0.05, 0) is 56.3 Å². The van der Waals surface area contributed by atoms with Gasteiger partial charge in [0.05, 0.1) is 11.1 Å². The highest BCUT2D eigenvalue weighted by Crippen LogP contribution is 2.22. The Kier molecular flexibility index (Phi) is 9.34. The Morgan fingerprint density at radius 3 is 2.77 bits per heavy atom. The molecule has 0 radical (unpaired) electrons. The van der Waals surface area contributed by atoms with Crippen LogP contribution in [0.25, 0.3) is 10.9 Å². The number of amides is 1. The van der Waals surface area contributed by atoms with E-state index >= 15 is 0 Å². The molecule has 2 N–H and O–H groups in total. The van der Waals surface area contributed by atoms with E-state index in [9.17, 15) is 4.79 Å². The van der Waals surface area contributed by atoms with Crippen LogP contribution in [0.4, 0.5) is 0 Å². The zero-order valence-electron chi connectivity index (χ0n) is 15.5. The Bertz CT molecular complexity index is 715. The molecule has 1 fully saturated rings. The molecule has 144 valence electrons. The Balaban J connectivity index is 0.00000169. The van der Waals surface area contributed by atoms with E-state index in [1.165, 1.54) is 12.8 Å². The standard InChI is InChI=1S/C20H27N3O.2ClH/c1-14(2)19-12-17(16-7-3-4-8-18(16)23-19)20(24)22-11-9-15-6-5-10-21-13-15;;/h3-4,7-8,12,14-15,21H,5-6,9-11,13H2,1-2H3,(H,22,24);2*1H. The second kappa shape index (κ2) is 10.7. The van der Waals surface area contributed by atoms with E-state index in [-0.39, 0.29) is 30.7 Å². The molecule has 1 amide bonds. The van der Waals surface area contributed by atoms with E-state index < -0.39 is 0 Å². The van der Waals surface area contributed by atoms with Crippen LogP contribution in [-0.2, 0) is 0 Å². The van der Waals surface area contributed by atoms with Gasteiger partial charge in [0.1, 0.15) is 0 Å². The first kappa shape index (κ1) is 22.7. The van der Waals surface area contributed by atoms with Gasteiger partial charge in [0.15, 0.2) is 0 Å². The van der Waals surface area contributed by atoms with E-state index in [4.69, 9.17) is 0 Å². The van der Waals surface area contributed by atoms with Crippen LogP contribution in [0.2, 0.25) is 0 Å². The van der Waals surface area contributed by atoms with Crippen molar-refractivity contribution < 1.29 is 4.79 Å². The monoisotopic (exact) mass is 397 g/mol. The first-order valence-corrected chi connectivity index (χ1v) is 9.03. The summed E-state index contributed by atoms with van der Waals surface area (Å²) in [7, 11) is 0. The number of para-hydroxylation sites is 1. The van der Waals surface area contributed by atoms with Crippen LogP contribution in [0.3, 0.4) is 0 Å². The summed E-state index contributed by atoms with van der Waals surface area (Å²) in [5.41, 5.74) is 2.60. The number of rotatable bonds is 5. The fraction of sp³-hybridized carbons (Fsp3) is 0.500. The first-order chi connectivity index (χ1) is 11.6. The van der Waals surface area contributed by atoms with Gasteiger partial charge in [-0.25, -0.2) is 0 Å². The van der Waals surface area contributed by atoms with Gasteiger partial charge < -0.3 is 10.6 Å². The lowest BCUT2D eigenvalue weighted by Crippen LogP contribution is -2.33. The van der Waals surface area contributed by atoms with Crippen LogP contribution in [-0.4, -0.2) is 30.5 Å². The van der Waals surface area contributed by atoms with E-state index in [0.29, 0.717) is 11.8 Å². The van der Waals surface area contributed by atoms with Crippen molar-refractivity contribution in [3.8, 4) is 0 Å². The van der Waals surface area contributed by atoms with Gasteiger partial charge in [-0.15, -0.1) is 24.8 Å². The van der Waals surface area contributed by atoms with Crippen molar-refractivity contribution in [2.24, 2.45) is 5.92 Å². The van der Waals surface area contributed by atoms with Crippen LogP contribution in [0.15, 0.2) is 30.3 Å². The Morgan fingerprint density at radius 2 is 2.08 bits per heavy atom.